The van der Waals surface area contributed by atoms with Crippen molar-refractivity contribution in [2.24, 2.45) is 7.05 Å². The zero-order chi connectivity index (χ0) is 22.4. The number of methoxy groups -OCH3 is 1. The minimum atomic E-state index is -4.84. The van der Waals surface area contributed by atoms with Crippen LogP contribution in [0.15, 0.2) is 33.9 Å². The quantitative estimate of drug-likeness (QED) is 0.606. The second-order valence-electron chi connectivity index (χ2n) is 7.30. The van der Waals surface area contributed by atoms with Gasteiger partial charge < -0.3 is 19.2 Å². The van der Waals surface area contributed by atoms with Gasteiger partial charge in [-0.25, -0.2) is 4.79 Å². The van der Waals surface area contributed by atoms with Crippen LogP contribution >= 0.6 is 0 Å². The van der Waals surface area contributed by atoms with Gasteiger partial charge in [-0.15, -0.1) is 13.2 Å². The summed E-state index contributed by atoms with van der Waals surface area (Å²) in [6, 6.07) is 4.70. The highest BCUT2D eigenvalue weighted by Gasteiger charge is 2.42. The number of hydrogen-bond donors (Lipinski definition) is 1. The molecule has 2 aromatic heterocycles. The summed E-state index contributed by atoms with van der Waals surface area (Å²) in [7, 11) is 3.07. The van der Waals surface area contributed by atoms with Crippen LogP contribution in [0.25, 0.3) is 11.2 Å². The third-order valence-electron chi connectivity index (χ3n) is 5.24. The molecule has 1 N–H and O–H groups in total. The molecule has 2 heterocycles. The fourth-order valence-corrected chi connectivity index (χ4v) is 3.33. The molecule has 0 saturated heterocycles. The van der Waals surface area contributed by atoms with Gasteiger partial charge in [0.1, 0.15) is 11.5 Å². The molecule has 1 fully saturated rings. The number of ether oxygens (including phenoxy) is 3. The van der Waals surface area contributed by atoms with E-state index in [2.05, 4.69) is 14.7 Å². The number of alkyl halides is 3. The van der Waals surface area contributed by atoms with E-state index in [0.717, 1.165) is 29.5 Å². The average Bonchev–Trinajstić information content (AvgIpc) is 3.36. The molecule has 1 aliphatic carbocycles. The number of nitrogens with zero attached hydrogens (tertiary/aromatic N) is 3. The lowest BCUT2D eigenvalue weighted by Crippen LogP contribution is -2.40. The molecular weight excluding hydrogens is 421 g/mol. The fraction of sp³-hybridized carbons (Fsp3) is 0.421. The highest BCUT2D eigenvalue weighted by Crippen LogP contribution is 2.42. The number of halogens is 3. The van der Waals surface area contributed by atoms with E-state index in [1.165, 1.54) is 23.7 Å². The molecule has 31 heavy (non-hydrogen) atoms. The maximum Gasteiger partial charge on any atom is 0.573 e. The summed E-state index contributed by atoms with van der Waals surface area (Å²) >= 11 is 0. The Balaban J connectivity index is 1.63. The number of aromatic nitrogens is 4. The second kappa shape index (κ2) is 7.45. The Morgan fingerprint density at radius 2 is 1.94 bits per heavy atom. The first kappa shape index (κ1) is 21.0. The standard InChI is InChI=1S/C19H19F3N4O5/c1-25-14-13(15(27)26(17(25)28)9-8-18(29-2)6-7-18)23-16(24-14)30-11-4-3-5-12(10-11)31-19(20,21)22/h3-5,10H,6-9H2,1-2H3,(H,23,24). The largest absolute Gasteiger partial charge is 0.573 e. The zero-order valence-electron chi connectivity index (χ0n) is 16.7. The highest BCUT2D eigenvalue weighted by atomic mass is 19.4. The van der Waals surface area contributed by atoms with E-state index in [-0.39, 0.29) is 35.1 Å². The molecule has 1 aliphatic rings. The van der Waals surface area contributed by atoms with Crippen LogP contribution < -0.4 is 20.7 Å². The van der Waals surface area contributed by atoms with Gasteiger partial charge in [-0.1, -0.05) is 6.07 Å². The lowest BCUT2D eigenvalue weighted by atomic mass is 10.2. The molecular formula is C19H19F3N4O5. The summed E-state index contributed by atoms with van der Waals surface area (Å²) in [5.41, 5.74) is -1.28. The van der Waals surface area contributed by atoms with Crippen molar-refractivity contribution >= 4 is 11.2 Å². The van der Waals surface area contributed by atoms with Crippen molar-refractivity contribution in [1.82, 2.24) is 19.1 Å². The van der Waals surface area contributed by atoms with E-state index < -0.39 is 23.4 Å². The second-order valence-corrected chi connectivity index (χ2v) is 7.30. The van der Waals surface area contributed by atoms with Gasteiger partial charge in [0.05, 0.1) is 5.60 Å². The number of benzene rings is 1. The maximum absolute atomic E-state index is 12.8. The van der Waals surface area contributed by atoms with Crippen LogP contribution in [0.5, 0.6) is 17.5 Å². The van der Waals surface area contributed by atoms with Crippen LogP contribution in [-0.4, -0.2) is 38.2 Å². The van der Waals surface area contributed by atoms with E-state index in [9.17, 15) is 22.8 Å². The van der Waals surface area contributed by atoms with Gasteiger partial charge in [0.25, 0.3) is 5.56 Å². The molecule has 0 radical (unpaired) electrons. The molecule has 0 amide bonds. The van der Waals surface area contributed by atoms with Gasteiger partial charge in [-0.05, 0) is 31.4 Å². The molecule has 1 aromatic carbocycles. The Bertz CT molecular complexity index is 1240. The van der Waals surface area contributed by atoms with Gasteiger partial charge in [-0.3, -0.25) is 13.9 Å². The Morgan fingerprint density at radius 1 is 1.23 bits per heavy atom. The van der Waals surface area contributed by atoms with Crippen LogP contribution in [0.2, 0.25) is 0 Å². The number of aryl methyl sites for hydroxylation is 1. The maximum atomic E-state index is 12.8. The summed E-state index contributed by atoms with van der Waals surface area (Å²) in [6.07, 6.45) is -2.57. The Kier molecular flexibility index (Phi) is 5.04. The number of fused-ring (bicyclic) bond motifs is 1. The third-order valence-corrected chi connectivity index (χ3v) is 5.24. The number of imidazole rings is 1. The normalized spacial score (nSPS) is 15.3. The van der Waals surface area contributed by atoms with E-state index in [1.54, 1.807) is 7.11 Å². The minimum absolute atomic E-state index is 0.00176. The van der Waals surface area contributed by atoms with Gasteiger partial charge in [0.2, 0.25) is 0 Å². The average molecular weight is 440 g/mol. The van der Waals surface area contributed by atoms with Crippen molar-refractivity contribution in [2.75, 3.05) is 7.11 Å². The molecule has 0 bridgehead atoms. The highest BCUT2D eigenvalue weighted by molar-refractivity contribution is 5.70. The molecule has 0 unspecified atom stereocenters. The van der Waals surface area contributed by atoms with E-state index >= 15 is 0 Å². The molecule has 1 saturated carbocycles. The van der Waals surface area contributed by atoms with Gasteiger partial charge in [-0.2, -0.15) is 4.98 Å². The monoisotopic (exact) mass is 440 g/mol. The van der Waals surface area contributed by atoms with Gasteiger partial charge in [0.15, 0.2) is 11.2 Å². The summed E-state index contributed by atoms with van der Waals surface area (Å²) < 4.78 is 54.3. The predicted molar refractivity (Wildman–Crippen MR) is 102 cm³/mol. The third kappa shape index (κ3) is 4.29. The van der Waals surface area contributed by atoms with Crippen molar-refractivity contribution in [3.63, 3.8) is 0 Å². The summed E-state index contributed by atoms with van der Waals surface area (Å²) in [5.74, 6) is -0.468. The first-order valence-electron chi connectivity index (χ1n) is 9.39. The number of H-pyrrole nitrogens is 1. The smallest absolute Gasteiger partial charge is 0.425 e. The van der Waals surface area contributed by atoms with Crippen LogP contribution in [0.1, 0.15) is 19.3 Å². The lowest BCUT2D eigenvalue weighted by molar-refractivity contribution is -0.274. The van der Waals surface area contributed by atoms with Crippen LogP contribution in [0.3, 0.4) is 0 Å². The van der Waals surface area contributed by atoms with Crippen molar-refractivity contribution in [3.05, 3.63) is 45.1 Å². The van der Waals surface area contributed by atoms with Gasteiger partial charge in [0, 0.05) is 26.8 Å². The molecule has 3 aromatic rings. The predicted octanol–water partition coefficient (Wildman–Crippen LogP) is 2.68. The molecule has 12 heteroatoms. The Morgan fingerprint density at radius 3 is 2.58 bits per heavy atom. The fourth-order valence-electron chi connectivity index (χ4n) is 3.33. The van der Waals surface area contributed by atoms with Crippen molar-refractivity contribution in [3.8, 4) is 17.5 Å². The number of rotatable bonds is 7. The lowest BCUT2D eigenvalue weighted by Gasteiger charge is -2.14. The molecule has 9 nitrogen and oxygen atoms in total. The van der Waals surface area contributed by atoms with Crippen molar-refractivity contribution < 1.29 is 27.4 Å². The zero-order valence-corrected chi connectivity index (χ0v) is 16.7. The Hall–Kier alpha value is -3.28. The summed E-state index contributed by atoms with van der Waals surface area (Å²) in [6.45, 7) is 0.182. The first-order chi connectivity index (χ1) is 14.6. The van der Waals surface area contributed by atoms with Crippen molar-refractivity contribution in [1.29, 1.82) is 0 Å². The van der Waals surface area contributed by atoms with Crippen LogP contribution in [0.4, 0.5) is 13.2 Å². The number of hydrogen-bond acceptors (Lipinski definition) is 6. The molecule has 0 spiro atoms. The SMILES string of the molecule is COC1(CCn2c(=O)c3[nH]c(Oc4cccc(OC(F)(F)F)c4)nc3n(C)c2=O)CC1. The summed E-state index contributed by atoms with van der Waals surface area (Å²) in [4.78, 5) is 32.3. The van der Waals surface area contributed by atoms with Crippen LogP contribution in [-0.2, 0) is 18.3 Å². The van der Waals surface area contributed by atoms with E-state index in [4.69, 9.17) is 9.47 Å². The van der Waals surface area contributed by atoms with Crippen molar-refractivity contribution in [2.45, 2.75) is 37.8 Å². The topological polar surface area (TPSA) is 100 Å². The van der Waals surface area contributed by atoms with Gasteiger partial charge >= 0.3 is 18.1 Å². The Labute approximate surface area is 173 Å². The first-order valence-corrected chi connectivity index (χ1v) is 9.39. The molecule has 166 valence electrons. The van der Waals surface area contributed by atoms with Crippen LogP contribution in [0, 0.1) is 0 Å². The molecule has 4 rings (SSSR count). The van der Waals surface area contributed by atoms with E-state index in [0.29, 0.717) is 6.42 Å². The number of nitrogens with one attached hydrogen (secondary N) is 1. The molecule has 0 aliphatic heterocycles. The minimum Gasteiger partial charge on any atom is -0.425 e. The summed E-state index contributed by atoms with van der Waals surface area (Å²) in [5, 5.41) is 0. The van der Waals surface area contributed by atoms with E-state index in [1.807, 2.05) is 0 Å². The molecule has 0 atom stereocenters. The number of aromatic amines is 1.